The molecule has 0 saturated heterocycles. The molecule has 0 spiro atoms. The summed E-state index contributed by atoms with van der Waals surface area (Å²) in [6, 6.07) is 8.83. The average molecular weight is 385 g/mol. The Morgan fingerprint density at radius 2 is 1.96 bits per heavy atom. The van der Waals surface area contributed by atoms with Crippen molar-refractivity contribution in [3.05, 3.63) is 56.8 Å². The summed E-state index contributed by atoms with van der Waals surface area (Å²) in [7, 11) is 0. The third-order valence-electron chi connectivity index (χ3n) is 4.68. The molecule has 0 fully saturated rings. The lowest BCUT2D eigenvalue weighted by Gasteiger charge is -2.16. The summed E-state index contributed by atoms with van der Waals surface area (Å²) in [5, 5.41) is 2.70. The number of fused-ring (bicyclic) bond motifs is 1. The highest BCUT2D eigenvalue weighted by molar-refractivity contribution is 7.14. The highest BCUT2D eigenvalue weighted by atomic mass is 32.1. The number of carbonyl (C=O) groups excluding carboxylic acids is 3. The normalized spacial score (nSPS) is 15.7. The van der Waals surface area contributed by atoms with Gasteiger partial charge in [0.1, 0.15) is 4.88 Å². The number of thiophene rings is 1. The molecule has 142 valence electrons. The lowest BCUT2D eigenvalue weighted by molar-refractivity contribution is -0.119. The maximum Gasteiger partial charge on any atom is 0.348 e. The van der Waals surface area contributed by atoms with Gasteiger partial charge in [-0.1, -0.05) is 31.2 Å². The van der Waals surface area contributed by atoms with E-state index >= 15 is 0 Å². The van der Waals surface area contributed by atoms with Crippen LogP contribution in [-0.2, 0) is 28.9 Å². The molecule has 1 N–H and O–H groups in total. The molecule has 6 heteroatoms. The fraction of sp³-hybridized carbons (Fsp3) is 0.381. The summed E-state index contributed by atoms with van der Waals surface area (Å²) < 4.78 is 5.22. The molecule has 1 atom stereocenters. The van der Waals surface area contributed by atoms with Crippen LogP contribution in [0.1, 0.15) is 56.3 Å². The number of ketones is 1. The van der Waals surface area contributed by atoms with Crippen molar-refractivity contribution < 1.29 is 19.1 Å². The van der Waals surface area contributed by atoms with Gasteiger partial charge in [-0.25, -0.2) is 4.79 Å². The van der Waals surface area contributed by atoms with E-state index in [0.717, 1.165) is 24.8 Å². The standard InChI is InChI=1S/C21H23NO4S/c1-13-3-8-19-17(9-13)10-20(27-19)21(25)26-12-18(24)16-6-4-15(5-7-16)11-22-14(2)23/h4-7,10,13H,3,8-9,11-12H2,1-2H3,(H,22,23)/t13-/m0/s1. The Hall–Kier alpha value is -2.47. The molecule has 3 rings (SSSR count). The number of hydrogen-bond acceptors (Lipinski definition) is 5. The molecule has 27 heavy (non-hydrogen) atoms. The van der Waals surface area contributed by atoms with E-state index in [0.29, 0.717) is 22.9 Å². The SMILES string of the molecule is CC(=O)NCc1ccc(C(=O)COC(=O)c2cc3c(s2)CC[C@H](C)C3)cc1. The zero-order valence-corrected chi connectivity index (χ0v) is 16.4. The summed E-state index contributed by atoms with van der Waals surface area (Å²) in [4.78, 5) is 37.3. The Kier molecular flexibility index (Phi) is 6.06. The zero-order chi connectivity index (χ0) is 19.4. The van der Waals surface area contributed by atoms with Crippen molar-refractivity contribution in [1.29, 1.82) is 0 Å². The van der Waals surface area contributed by atoms with E-state index < -0.39 is 5.97 Å². The fourth-order valence-corrected chi connectivity index (χ4v) is 4.23. The Morgan fingerprint density at radius 3 is 2.67 bits per heavy atom. The van der Waals surface area contributed by atoms with Gasteiger partial charge in [-0.15, -0.1) is 11.3 Å². The van der Waals surface area contributed by atoms with Gasteiger partial charge >= 0.3 is 5.97 Å². The predicted octanol–water partition coefficient (Wildman–Crippen LogP) is 3.55. The maximum atomic E-state index is 12.3. The number of carbonyl (C=O) groups is 3. The van der Waals surface area contributed by atoms with E-state index in [1.54, 1.807) is 24.3 Å². The number of nitrogens with one attached hydrogen (secondary N) is 1. The van der Waals surface area contributed by atoms with E-state index in [4.69, 9.17) is 4.74 Å². The minimum absolute atomic E-state index is 0.105. The van der Waals surface area contributed by atoms with Crippen LogP contribution in [0.2, 0.25) is 0 Å². The fourth-order valence-electron chi connectivity index (χ4n) is 3.13. The molecule has 1 aromatic heterocycles. The predicted molar refractivity (Wildman–Crippen MR) is 104 cm³/mol. The molecule has 2 aromatic rings. The molecule has 0 aliphatic heterocycles. The van der Waals surface area contributed by atoms with Gasteiger partial charge in [0.25, 0.3) is 0 Å². The number of benzene rings is 1. The first-order valence-corrected chi connectivity index (χ1v) is 9.89. The van der Waals surface area contributed by atoms with Gasteiger partial charge in [-0.05, 0) is 42.4 Å². The van der Waals surface area contributed by atoms with Gasteiger partial charge in [0.15, 0.2) is 12.4 Å². The van der Waals surface area contributed by atoms with Crippen LogP contribution >= 0.6 is 11.3 Å². The number of esters is 1. The van der Waals surface area contributed by atoms with E-state index in [1.807, 2.05) is 6.07 Å². The van der Waals surface area contributed by atoms with E-state index in [1.165, 1.54) is 28.7 Å². The van der Waals surface area contributed by atoms with Crippen LogP contribution < -0.4 is 5.32 Å². The Bertz CT molecular complexity index is 854. The molecule has 5 nitrogen and oxygen atoms in total. The van der Waals surface area contributed by atoms with Gasteiger partial charge in [-0.3, -0.25) is 9.59 Å². The van der Waals surface area contributed by atoms with Crippen LogP contribution in [0.15, 0.2) is 30.3 Å². The summed E-state index contributed by atoms with van der Waals surface area (Å²) in [6.45, 7) is 3.82. The van der Waals surface area contributed by atoms with Crippen molar-refractivity contribution in [2.45, 2.75) is 39.7 Å². The van der Waals surface area contributed by atoms with Crippen molar-refractivity contribution in [1.82, 2.24) is 5.32 Å². The van der Waals surface area contributed by atoms with Gasteiger partial charge in [-0.2, -0.15) is 0 Å². The molecule has 1 amide bonds. The quantitative estimate of drug-likeness (QED) is 0.610. The van der Waals surface area contributed by atoms with Crippen LogP contribution in [0.5, 0.6) is 0 Å². The highest BCUT2D eigenvalue weighted by Gasteiger charge is 2.22. The van der Waals surface area contributed by atoms with Crippen molar-refractivity contribution >= 4 is 29.0 Å². The monoisotopic (exact) mass is 385 g/mol. The van der Waals surface area contributed by atoms with Crippen molar-refractivity contribution in [2.75, 3.05) is 6.61 Å². The lowest BCUT2D eigenvalue weighted by atomic mass is 9.90. The Balaban J connectivity index is 1.54. The van der Waals surface area contributed by atoms with Gasteiger partial charge < -0.3 is 10.1 Å². The van der Waals surface area contributed by atoms with Gasteiger partial charge in [0.05, 0.1) is 0 Å². The van der Waals surface area contributed by atoms with E-state index in [9.17, 15) is 14.4 Å². The van der Waals surface area contributed by atoms with Gasteiger partial charge in [0, 0.05) is 23.9 Å². The van der Waals surface area contributed by atoms with Crippen molar-refractivity contribution in [3.8, 4) is 0 Å². The van der Waals surface area contributed by atoms with Crippen LogP contribution in [0.4, 0.5) is 0 Å². The summed E-state index contributed by atoms with van der Waals surface area (Å²) >= 11 is 1.48. The molecular weight excluding hydrogens is 362 g/mol. The van der Waals surface area contributed by atoms with Gasteiger partial charge in [0.2, 0.25) is 5.91 Å². The maximum absolute atomic E-state index is 12.3. The van der Waals surface area contributed by atoms with Crippen molar-refractivity contribution in [2.24, 2.45) is 5.92 Å². The summed E-state index contributed by atoms with van der Waals surface area (Å²) in [6.07, 6.45) is 3.17. The summed E-state index contributed by atoms with van der Waals surface area (Å²) in [5.41, 5.74) is 2.62. The first-order chi connectivity index (χ1) is 12.9. The molecule has 0 bridgehead atoms. The molecule has 0 radical (unpaired) electrons. The van der Waals surface area contributed by atoms with E-state index in [2.05, 4.69) is 12.2 Å². The average Bonchev–Trinajstić information content (AvgIpc) is 3.07. The van der Waals surface area contributed by atoms with Crippen molar-refractivity contribution in [3.63, 3.8) is 0 Å². The zero-order valence-electron chi connectivity index (χ0n) is 15.5. The minimum Gasteiger partial charge on any atom is -0.453 e. The molecule has 1 aliphatic carbocycles. The van der Waals surface area contributed by atoms with Crippen LogP contribution in [0, 0.1) is 5.92 Å². The molecular formula is C21H23NO4S. The second-order valence-corrected chi connectivity index (χ2v) is 8.15. The molecule has 1 aromatic carbocycles. The number of amides is 1. The smallest absolute Gasteiger partial charge is 0.348 e. The number of rotatable bonds is 6. The molecule has 0 saturated carbocycles. The van der Waals surface area contributed by atoms with E-state index in [-0.39, 0.29) is 18.3 Å². The van der Waals surface area contributed by atoms with Crippen LogP contribution in [-0.4, -0.2) is 24.3 Å². The second-order valence-electron chi connectivity index (χ2n) is 7.01. The van der Waals surface area contributed by atoms with Crippen LogP contribution in [0.3, 0.4) is 0 Å². The number of Topliss-reactive ketones (excluding diaryl/α,β-unsaturated/α-hetero) is 1. The number of aryl methyl sites for hydroxylation is 1. The Labute approximate surface area is 162 Å². The second kappa shape index (κ2) is 8.48. The molecule has 1 aliphatic rings. The molecule has 0 unspecified atom stereocenters. The van der Waals surface area contributed by atoms with Crippen LogP contribution in [0.25, 0.3) is 0 Å². The lowest BCUT2D eigenvalue weighted by Crippen LogP contribution is -2.19. The summed E-state index contributed by atoms with van der Waals surface area (Å²) in [5.74, 6) is -0.139. The largest absolute Gasteiger partial charge is 0.453 e. The third-order valence-corrected chi connectivity index (χ3v) is 5.90. The first-order valence-electron chi connectivity index (χ1n) is 9.07. The highest BCUT2D eigenvalue weighted by Crippen LogP contribution is 2.32. The minimum atomic E-state index is -0.433. The third kappa shape index (κ3) is 5.04. The first kappa shape index (κ1) is 19.3. The number of hydrogen-bond donors (Lipinski definition) is 1. The molecule has 1 heterocycles. The number of ether oxygens (including phenoxy) is 1. The Morgan fingerprint density at radius 1 is 1.22 bits per heavy atom. The topological polar surface area (TPSA) is 72.5 Å².